The molecule has 1 aliphatic carbocycles. The Hall–Kier alpha value is -2.68. The maximum atomic E-state index is 13.2. The molecule has 1 fully saturated rings. The van der Waals surface area contributed by atoms with Gasteiger partial charge < -0.3 is 11.1 Å². The van der Waals surface area contributed by atoms with E-state index in [1.54, 1.807) is 12.1 Å². The average Bonchev–Trinajstić information content (AvgIpc) is 3.35. The Morgan fingerprint density at radius 2 is 1.83 bits per heavy atom. The first-order chi connectivity index (χ1) is 17.3. The highest BCUT2D eigenvalue weighted by molar-refractivity contribution is 7.94. The molecule has 0 unspecified atom stereocenters. The van der Waals surface area contributed by atoms with Crippen LogP contribution in [-0.2, 0) is 27.8 Å². The highest BCUT2D eigenvalue weighted by atomic mass is 32.2. The molecule has 3 aromatic rings. The molecular weight excluding hydrogens is 490 g/mol. The van der Waals surface area contributed by atoms with Crippen LogP contribution in [0.3, 0.4) is 0 Å². The molecule has 4 rings (SSSR count). The molecule has 0 spiro atoms. The van der Waals surface area contributed by atoms with Gasteiger partial charge in [0.2, 0.25) is 5.91 Å². The van der Waals surface area contributed by atoms with E-state index in [-0.39, 0.29) is 10.6 Å². The number of hydrogen-bond acceptors (Lipinski definition) is 5. The summed E-state index contributed by atoms with van der Waals surface area (Å²) < 4.78 is 29.5. The third-order valence-corrected chi connectivity index (χ3v) is 9.74. The van der Waals surface area contributed by atoms with Gasteiger partial charge >= 0.3 is 0 Å². The van der Waals surface area contributed by atoms with Crippen molar-refractivity contribution in [2.75, 3.05) is 4.72 Å². The second-order valence-corrected chi connectivity index (χ2v) is 12.7. The molecule has 1 aliphatic rings. The van der Waals surface area contributed by atoms with Crippen LogP contribution in [0.2, 0.25) is 0 Å². The van der Waals surface area contributed by atoms with E-state index in [1.165, 1.54) is 43.4 Å². The van der Waals surface area contributed by atoms with Crippen molar-refractivity contribution in [2.24, 2.45) is 11.7 Å². The third kappa shape index (κ3) is 7.18. The van der Waals surface area contributed by atoms with Gasteiger partial charge in [-0.1, -0.05) is 68.5 Å². The smallest absolute Gasteiger partial charge is 0.271 e. The molecule has 4 N–H and O–H groups in total. The van der Waals surface area contributed by atoms with E-state index in [0.717, 1.165) is 33.9 Å². The minimum atomic E-state index is -3.75. The predicted molar refractivity (Wildman–Crippen MR) is 147 cm³/mol. The number of carbonyl (C=O) groups is 1. The highest BCUT2D eigenvalue weighted by Gasteiger charge is 2.20. The summed E-state index contributed by atoms with van der Waals surface area (Å²) in [7, 11) is -3.75. The van der Waals surface area contributed by atoms with Crippen molar-refractivity contribution in [3.8, 4) is 10.4 Å². The summed E-state index contributed by atoms with van der Waals surface area (Å²) in [6.07, 6.45) is 7.99. The number of carbonyl (C=O) groups excluding carboxylic acids is 1. The Bertz CT molecular complexity index is 1280. The number of thiophene rings is 1. The molecule has 8 heteroatoms. The van der Waals surface area contributed by atoms with Crippen LogP contribution >= 0.6 is 11.3 Å². The highest BCUT2D eigenvalue weighted by Crippen LogP contribution is 2.33. The van der Waals surface area contributed by atoms with Gasteiger partial charge in [-0.15, -0.1) is 11.3 Å². The lowest BCUT2D eigenvalue weighted by molar-refractivity contribution is -0.117. The van der Waals surface area contributed by atoms with Crippen LogP contribution in [0.4, 0.5) is 5.69 Å². The number of benzene rings is 2. The molecule has 0 radical (unpaired) electrons. The number of primary amides is 1. The first-order valence-electron chi connectivity index (χ1n) is 12.6. The topological polar surface area (TPSA) is 101 Å². The zero-order valence-corrected chi connectivity index (χ0v) is 22.3. The van der Waals surface area contributed by atoms with E-state index in [4.69, 9.17) is 5.73 Å². The first-order valence-corrected chi connectivity index (χ1v) is 14.9. The number of anilines is 1. The van der Waals surface area contributed by atoms with Gasteiger partial charge in [0.25, 0.3) is 10.0 Å². The van der Waals surface area contributed by atoms with Gasteiger partial charge in [-0.25, -0.2) is 8.42 Å². The molecule has 1 atom stereocenters. The number of nitrogens with two attached hydrogens (primary N) is 1. The third-order valence-electron chi connectivity index (χ3n) is 6.75. The second-order valence-electron chi connectivity index (χ2n) is 9.75. The fraction of sp³-hybridized carbons (Fsp3) is 0.393. The Labute approximate surface area is 218 Å². The average molecular weight is 526 g/mol. The summed E-state index contributed by atoms with van der Waals surface area (Å²) in [4.78, 5) is 12.1. The molecule has 36 heavy (non-hydrogen) atoms. The van der Waals surface area contributed by atoms with Crippen LogP contribution < -0.4 is 15.8 Å². The zero-order chi connectivity index (χ0) is 25.5. The normalized spacial score (nSPS) is 15.5. The molecule has 192 valence electrons. The van der Waals surface area contributed by atoms with Crippen LogP contribution in [0.5, 0.6) is 0 Å². The Balaban J connectivity index is 1.43. The van der Waals surface area contributed by atoms with Crippen molar-refractivity contribution < 1.29 is 13.2 Å². The largest absolute Gasteiger partial charge is 0.369 e. The Morgan fingerprint density at radius 1 is 1.06 bits per heavy atom. The Kier molecular flexibility index (Phi) is 8.82. The quantitative estimate of drug-likeness (QED) is 0.299. The van der Waals surface area contributed by atoms with Crippen molar-refractivity contribution >= 4 is 33.0 Å². The molecule has 0 bridgehead atoms. The van der Waals surface area contributed by atoms with Crippen molar-refractivity contribution in [2.45, 2.75) is 68.7 Å². The molecule has 6 nitrogen and oxygen atoms in total. The van der Waals surface area contributed by atoms with Gasteiger partial charge in [0.05, 0.1) is 12.1 Å². The molecule has 1 amide bonds. The molecular formula is C28H35N3O3S2. The summed E-state index contributed by atoms with van der Waals surface area (Å²) in [5.41, 5.74) is 8.49. The lowest BCUT2D eigenvalue weighted by Crippen LogP contribution is -2.29. The van der Waals surface area contributed by atoms with Crippen LogP contribution in [0, 0.1) is 5.92 Å². The van der Waals surface area contributed by atoms with Crippen LogP contribution in [0.25, 0.3) is 10.4 Å². The maximum Gasteiger partial charge on any atom is 0.271 e. The van der Waals surface area contributed by atoms with Crippen molar-refractivity contribution in [3.05, 3.63) is 71.8 Å². The van der Waals surface area contributed by atoms with E-state index in [2.05, 4.69) is 17.0 Å². The lowest BCUT2D eigenvalue weighted by Gasteiger charge is -2.25. The first kappa shape index (κ1) is 26.4. The number of amides is 1. The SMILES string of the molecule is C[C@@H](CC1CCCCC1)NCc1ccccc1NS(=O)(=O)c1ccc(-c2cccc(CC(N)=O)c2)s1. The van der Waals surface area contributed by atoms with Gasteiger partial charge in [-0.05, 0) is 60.2 Å². The number of hydrogen-bond donors (Lipinski definition) is 3. The number of para-hydroxylation sites is 1. The fourth-order valence-corrected chi connectivity index (χ4v) is 7.32. The van der Waals surface area contributed by atoms with Crippen molar-refractivity contribution in [1.82, 2.24) is 5.32 Å². The van der Waals surface area contributed by atoms with Gasteiger partial charge in [-0.2, -0.15) is 0 Å². The van der Waals surface area contributed by atoms with E-state index in [1.807, 2.05) is 48.5 Å². The Morgan fingerprint density at radius 3 is 2.61 bits per heavy atom. The van der Waals surface area contributed by atoms with Gasteiger partial charge in [0.15, 0.2) is 0 Å². The fourth-order valence-electron chi connectivity index (χ4n) is 4.91. The number of rotatable bonds is 11. The molecule has 1 saturated carbocycles. The molecule has 2 aromatic carbocycles. The number of nitrogens with one attached hydrogen (secondary N) is 2. The van der Waals surface area contributed by atoms with Gasteiger partial charge in [-0.3, -0.25) is 9.52 Å². The van der Waals surface area contributed by atoms with Crippen LogP contribution in [0.15, 0.2) is 64.9 Å². The number of sulfonamides is 1. The van der Waals surface area contributed by atoms with Gasteiger partial charge in [0, 0.05) is 17.5 Å². The summed E-state index contributed by atoms with van der Waals surface area (Å²) in [6, 6.07) is 18.8. The van der Waals surface area contributed by atoms with E-state index < -0.39 is 15.9 Å². The van der Waals surface area contributed by atoms with E-state index in [9.17, 15) is 13.2 Å². The van der Waals surface area contributed by atoms with Crippen LogP contribution in [0.1, 0.15) is 56.6 Å². The lowest BCUT2D eigenvalue weighted by atomic mass is 9.85. The molecule has 0 saturated heterocycles. The standard InChI is InChI=1S/C28H35N3O3S2/c1-20(16-21-8-3-2-4-9-21)30-19-24-11-5-6-13-25(24)31-36(33,34)28-15-14-26(35-28)23-12-7-10-22(17-23)18-27(29)32/h5-7,10-15,17,20-21,30-31H,2-4,8-9,16,18-19H2,1H3,(H2,29,32)/t20-/m0/s1. The predicted octanol–water partition coefficient (Wildman–Crippen LogP) is 5.69. The molecule has 1 aromatic heterocycles. The van der Waals surface area contributed by atoms with Crippen molar-refractivity contribution in [3.63, 3.8) is 0 Å². The van der Waals surface area contributed by atoms with E-state index >= 15 is 0 Å². The maximum absolute atomic E-state index is 13.2. The minimum Gasteiger partial charge on any atom is -0.369 e. The van der Waals surface area contributed by atoms with E-state index in [0.29, 0.717) is 18.3 Å². The summed E-state index contributed by atoms with van der Waals surface area (Å²) in [5, 5.41) is 3.59. The monoisotopic (exact) mass is 525 g/mol. The molecule has 0 aliphatic heterocycles. The summed E-state index contributed by atoms with van der Waals surface area (Å²) in [5.74, 6) is 0.391. The summed E-state index contributed by atoms with van der Waals surface area (Å²) in [6.45, 7) is 2.82. The second kappa shape index (κ2) is 12.0. The van der Waals surface area contributed by atoms with Crippen LogP contribution in [-0.4, -0.2) is 20.4 Å². The minimum absolute atomic E-state index is 0.149. The zero-order valence-electron chi connectivity index (χ0n) is 20.7. The van der Waals surface area contributed by atoms with Crippen molar-refractivity contribution in [1.29, 1.82) is 0 Å². The molecule has 1 heterocycles. The van der Waals surface area contributed by atoms with Gasteiger partial charge in [0.1, 0.15) is 4.21 Å². The summed E-state index contributed by atoms with van der Waals surface area (Å²) >= 11 is 1.20.